The zero-order valence-electron chi connectivity index (χ0n) is 13.1. The van der Waals surface area contributed by atoms with Crippen molar-refractivity contribution in [2.75, 3.05) is 20.8 Å². The van der Waals surface area contributed by atoms with Crippen LogP contribution < -0.4 is 14.2 Å². The Bertz CT molecular complexity index is 815. The predicted octanol–water partition coefficient (Wildman–Crippen LogP) is 1.58. The molecule has 2 aromatic carbocycles. The predicted molar refractivity (Wildman–Crippen MR) is 83.0 cm³/mol. The SMILES string of the molecule is COc1ccc(C2(O)COc3cc(O)ccc3C2=O)c(O)c1OC. The van der Waals surface area contributed by atoms with Gasteiger partial charge in [-0.3, -0.25) is 4.79 Å². The molecule has 0 fully saturated rings. The third-order valence-electron chi connectivity index (χ3n) is 3.99. The van der Waals surface area contributed by atoms with E-state index in [0.29, 0.717) is 0 Å². The van der Waals surface area contributed by atoms with Gasteiger partial charge in [-0.05, 0) is 24.3 Å². The number of carbonyl (C=O) groups excluding carboxylic acids is 1. The van der Waals surface area contributed by atoms with Gasteiger partial charge in [0, 0.05) is 11.6 Å². The molecule has 7 heteroatoms. The fourth-order valence-corrected chi connectivity index (χ4v) is 2.73. The Balaban J connectivity index is 2.13. The molecule has 0 amide bonds. The molecule has 1 heterocycles. The first-order chi connectivity index (χ1) is 11.4. The summed E-state index contributed by atoms with van der Waals surface area (Å²) in [4.78, 5) is 12.8. The lowest BCUT2D eigenvalue weighted by Crippen LogP contribution is -2.44. The smallest absolute Gasteiger partial charge is 0.206 e. The number of hydrogen-bond acceptors (Lipinski definition) is 7. The molecule has 126 valence electrons. The van der Waals surface area contributed by atoms with Gasteiger partial charge >= 0.3 is 0 Å². The average molecular weight is 332 g/mol. The first-order valence-corrected chi connectivity index (χ1v) is 7.09. The largest absolute Gasteiger partial charge is 0.508 e. The number of fused-ring (bicyclic) bond motifs is 1. The van der Waals surface area contributed by atoms with Crippen molar-refractivity contribution in [1.29, 1.82) is 0 Å². The molecule has 24 heavy (non-hydrogen) atoms. The van der Waals surface area contributed by atoms with Crippen molar-refractivity contribution in [2.45, 2.75) is 5.60 Å². The van der Waals surface area contributed by atoms with E-state index >= 15 is 0 Å². The molecule has 1 atom stereocenters. The van der Waals surface area contributed by atoms with Gasteiger partial charge in [0.15, 0.2) is 17.1 Å². The number of ether oxygens (including phenoxy) is 3. The maximum Gasteiger partial charge on any atom is 0.206 e. The molecule has 0 bridgehead atoms. The first kappa shape index (κ1) is 15.9. The molecule has 0 saturated carbocycles. The fourth-order valence-electron chi connectivity index (χ4n) is 2.73. The molecule has 0 radical (unpaired) electrons. The fraction of sp³-hybridized carbons (Fsp3) is 0.235. The minimum atomic E-state index is -2.09. The number of hydrogen-bond donors (Lipinski definition) is 3. The second-order valence-electron chi connectivity index (χ2n) is 5.36. The molecule has 1 unspecified atom stereocenters. The van der Waals surface area contributed by atoms with E-state index in [2.05, 4.69) is 0 Å². The zero-order valence-corrected chi connectivity index (χ0v) is 13.1. The maximum absolute atomic E-state index is 12.8. The summed E-state index contributed by atoms with van der Waals surface area (Å²) >= 11 is 0. The second-order valence-corrected chi connectivity index (χ2v) is 5.36. The summed E-state index contributed by atoms with van der Waals surface area (Å²) in [5.74, 6) is -0.667. The number of ketones is 1. The van der Waals surface area contributed by atoms with E-state index in [1.807, 2.05) is 0 Å². The van der Waals surface area contributed by atoms with E-state index in [9.17, 15) is 20.1 Å². The van der Waals surface area contributed by atoms with Crippen molar-refractivity contribution in [3.63, 3.8) is 0 Å². The normalized spacial score (nSPS) is 19.4. The topological polar surface area (TPSA) is 105 Å². The minimum absolute atomic E-state index is 0.00716. The summed E-state index contributed by atoms with van der Waals surface area (Å²) in [6.45, 7) is -0.411. The van der Waals surface area contributed by atoms with Crippen LogP contribution >= 0.6 is 0 Å². The van der Waals surface area contributed by atoms with Gasteiger partial charge in [-0.1, -0.05) is 0 Å². The Morgan fingerprint density at radius 2 is 1.88 bits per heavy atom. The molecule has 0 saturated heterocycles. The van der Waals surface area contributed by atoms with E-state index in [4.69, 9.17) is 14.2 Å². The molecule has 1 aliphatic heterocycles. The number of Topliss-reactive ketones (excluding diaryl/α,β-unsaturated/α-hetero) is 1. The Morgan fingerprint density at radius 1 is 1.12 bits per heavy atom. The standard InChI is InChI=1S/C17H16O7/c1-22-12-6-5-11(14(19)15(12)23-2)17(21)8-24-13-7-9(18)3-4-10(13)16(17)20/h3-7,18-19,21H,8H2,1-2H3. The van der Waals surface area contributed by atoms with Gasteiger partial charge in [0.25, 0.3) is 0 Å². The van der Waals surface area contributed by atoms with E-state index in [1.54, 1.807) is 0 Å². The maximum atomic E-state index is 12.8. The molecule has 1 aliphatic rings. The highest BCUT2D eigenvalue weighted by Crippen LogP contribution is 2.46. The molecule has 0 spiro atoms. The highest BCUT2D eigenvalue weighted by atomic mass is 16.5. The van der Waals surface area contributed by atoms with Crippen molar-refractivity contribution in [2.24, 2.45) is 0 Å². The third-order valence-corrected chi connectivity index (χ3v) is 3.99. The highest BCUT2D eigenvalue weighted by molar-refractivity contribution is 6.06. The number of aliphatic hydroxyl groups is 1. The van der Waals surface area contributed by atoms with Crippen molar-refractivity contribution in [1.82, 2.24) is 0 Å². The van der Waals surface area contributed by atoms with Crippen LogP contribution in [0.15, 0.2) is 30.3 Å². The van der Waals surface area contributed by atoms with Gasteiger partial charge in [0.05, 0.1) is 19.8 Å². The van der Waals surface area contributed by atoms with Crippen molar-refractivity contribution in [3.8, 4) is 28.7 Å². The number of phenols is 2. The number of benzene rings is 2. The van der Waals surface area contributed by atoms with Crippen LogP contribution in [0.25, 0.3) is 0 Å². The van der Waals surface area contributed by atoms with Gasteiger partial charge in [-0.2, -0.15) is 0 Å². The molecule has 0 aliphatic carbocycles. The van der Waals surface area contributed by atoms with Crippen LogP contribution in [-0.4, -0.2) is 41.9 Å². The quantitative estimate of drug-likeness (QED) is 0.783. The molecule has 3 rings (SSSR count). The summed E-state index contributed by atoms with van der Waals surface area (Å²) < 4.78 is 15.6. The number of phenolic OH excluding ortho intramolecular Hbond substituents is 2. The van der Waals surface area contributed by atoms with Gasteiger partial charge < -0.3 is 29.5 Å². The lowest BCUT2D eigenvalue weighted by Gasteiger charge is -2.33. The van der Waals surface area contributed by atoms with Crippen LogP contribution in [0.4, 0.5) is 0 Å². The van der Waals surface area contributed by atoms with Gasteiger partial charge in [0.2, 0.25) is 11.5 Å². The Hall–Kier alpha value is -2.93. The van der Waals surface area contributed by atoms with Crippen LogP contribution in [0.2, 0.25) is 0 Å². The number of methoxy groups -OCH3 is 2. The Morgan fingerprint density at radius 3 is 2.54 bits per heavy atom. The van der Waals surface area contributed by atoms with Gasteiger partial charge in [-0.25, -0.2) is 0 Å². The highest BCUT2D eigenvalue weighted by Gasteiger charge is 2.46. The number of aromatic hydroxyl groups is 2. The van der Waals surface area contributed by atoms with E-state index < -0.39 is 23.7 Å². The van der Waals surface area contributed by atoms with Crippen LogP contribution in [-0.2, 0) is 5.60 Å². The molecule has 2 aromatic rings. The van der Waals surface area contributed by atoms with Crippen molar-refractivity contribution in [3.05, 3.63) is 41.5 Å². The lowest BCUT2D eigenvalue weighted by molar-refractivity contribution is -0.00650. The summed E-state index contributed by atoms with van der Waals surface area (Å²) in [7, 11) is 2.74. The van der Waals surface area contributed by atoms with Crippen LogP contribution in [0, 0.1) is 0 Å². The third kappa shape index (κ3) is 2.21. The van der Waals surface area contributed by atoms with Crippen LogP contribution in [0.3, 0.4) is 0 Å². The van der Waals surface area contributed by atoms with E-state index in [-0.39, 0.29) is 34.1 Å². The summed E-state index contributed by atoms with van der Waals surface area (Å²) in [5, 5.41) is 30.8. The molecule has 3 N–H and O–H groups in total. The van der Waals surface area contributed by atoms with Gasteiger partial charge in [-0.15, -0.1) is 0 Å². The summed E-state index contributed by atoms with van der Waals surface area (Å²) in [6.07, 6.45) is 0. The van der Waals surface area contributed by atoms with Crippen LogP contribution in [0.1, 0.15) is 15.9 Å². The van der Waals surface area contributed by atoms with E-state index in [1.165, 1.54) is 44.6 Å². The van der Waals surface area contributed by atoms with Crippen molar-refractivity contribution < 1.29 is 34.3 Å². The van der Waals surface area contributed by atoms with E-state index in [0.717, 1.165) is 0 Å². The minimum Gasteiger partial charge on any atom is -0.508 e. The van der Waals surface area contributed by atoms with Crippen LogP contribution in [0.5, 0.6) is 28.7 Å². The molecule has 7 nitrogen and oxygen atoms in total. The monoisotopic (exact) mass is 332 g/mol. The zero-order chi connectivity index (χ0) is 17.5. The number of carbonyl (C=O) groups is 1. The molecular weight excluding hydrogens is 316 g/mol. The first-order valence-electron chi connectivity index (χ1n) is 7.09. The Labute approximate surface area is 137 Å². The Kier molecular flexibility index (Phi) is 3.73. The summed E-state index contributed by atoms with van der Waals surface area (Å²) in [6, 6.07) is 6.82. The average Bonchev–Trinajstić information content (AvgIpc) is 2.58. The van der Waals surface area contributed by atoms with Crippen molar-refractivity contribution >= 4 is 5.78 Å². The number of rotatable bonds is 3. The summed E-state index contributed by atoms with van der Waals surface area (Å²) in [5.41, 5.74) is -2.03. The van der Waals surface area contributed by atoms with Gasteiger partial charge in [0.1, 0.15) is 18.1 Å². The second kappa shape index (κ2) is 5.61. The molecular formula is C17H16O7. The molecule has 0 aromatic heterocycles. The lowest BCUT2D eigenvalue weighted by atomic mass is 9.83.